The van der Waals surface area contributed by atoms with Gasteiger partial charge in [0.15, 0.2) is 6.29 Å². The van der Waals surface area contributed by atoms with Gasteiger partial charge in [0.25, 0.3) is 0 Å². The molecule has 0 aliphatic heterocycles. The Kier molecular flexibility index (Phi) is 9.25. The molecule has 0 atom stereocenters. The summed E-state index contributed by atoms with van der Waals surface area (Å²) in [6.07, 6.45) is -0.544. The van der Waals surface area contributed by atoms with Gasteiger partial charge in [0.05, 0.1) is 10.1 Å². The zero-order valence-electron chi connectivity index (χ0n) is 7.44. The molecule has 0 saturated heterocycles. The van der Waals surface area contributed by atoms with Crippen LogP contribution in [0.5, 0.6) is 0 Å². The van der Waals surface area contributed by atoms with E-state index < -0.39 is 22.2 Å². The third-order valence-electron chi connectivity index (χ3n) is 1.13. The predicted octanol–water partition coefficient (Wildman–Crippen LogP) is -3.46. The minimum Gasteiger partial charge on any atom is -0.748 e. The first-order valence-corrected chi connectivity index (χ1v) is 4.56. The first-order valence-electron chi connectivity index (χ1n) is 2.98. The van der Waals surface area contributed by atoms with Crippen LogP contribution in [-0.2, 0) is 19.6 Å². The Morgan fingerprint density at radius 1 is 1.33 bits per heavy atom. The Balaban J connectivity index is 0. The maximum atomic E-state index is 10.1. The number of rotatable bonds is 5. The van der Waals surface area contributed by atoms with Crippen molar-refractivity contribution in [2.45, 2.75) is 12.7 Å². The summed E-state index contributed by atoms with van der Waals surface area (Å²) in [6, 6.07) is 0. The van der Waals surface area contributed by atoms with Crippen LogP contribution in [0.3, 0.4) is 0 Å². The molecule has 0 amide bonds. The van der Waals surface area contributed by atoms with Gasteiger partial charge in [-0.2, -0.15) is 0 Å². The van der Waals surface area contributed by atoms with Crippen molar-refractivity contribution >= 4 is 10.1 Å². The van der Waals surface area contributed by atoms with Crippen molar-refractivity contribution < 1.29 is 52.0 Å². The monoisotopic (exact) mass is 206 g/mol. The van der Waals surface area contributed by atoms with Gasteiger partial charge in [0.2, 0.25) is 0 Å². The van der Waals surface area contributed by atoms with E-state index in [4.69, 9.17) is 0 Å². The summed E-state index contributed by atoms with van der Waals surface area (Å²) in [5.74, 6) is -0.459. The second kappa shape index (κ2) is 7.25. The summed E-state index contributed by atoms with van der Waals surface area (Å²) in [5, 5.41) is 0. The molecular weight excluding hydrogens is 195 g/mol. The Bertz CT molecular complexity index is 186. The van der Waals surface area contributed by atoms with Crippen molar-refractivity contribution in [1.29, 1.82) is 0 Å². The van der Waals surface area contributed by atoms with Crippen LogP contribution in [0.1, 0.15) is 6.42 Å². The van der Waals surface area contributed by atoms with E-state index in [1.165, 1.54) is 14.2 Å². The number of hydrogen-bond acceptors (Lipinski definition) is 5. The van der Waals surface area contributed by atoms with Crippen molar-refractivity contribution in [3.63, 3.8) is 0 Å². The third kappa shape index (κ3) is 8.92. The van der Waals surface area contributed by atoms with Gasteiger partial charge in [-0.3, -0.25) is 0 Å². The molecule has 0 spiro atoms. The van der Waals surface area contributed by atoms with Crippen molar-refractivity contribution in [3.8, 4) is 0 Å². The standard InChI is InChI=1S/C5H12O5S.Na/c1-9-5(10-2)3-4-11(6,7)8;/h5H,3-4H2,1-2H3,(H,6,7,8);/q;+1/p-1. The molecule has 0 aromatic rings. The second-order valence-electron chi connectivity index (χ2n) is 1.95. The molecule has 12 heavy (non-hydrogen) atoms. The first kappa shape index (κ1) is 15.3. The van der Waals surface area contributed by atoms with Crippen LogP contribution in [0.4, 0.5) is 0 Å². The largest absolute Gasteiger partial charge is 1.00 e. The maximum absolute atomic E-state index is 10.1. The minimum atomic E-state index is -4.15. The van der Waals surface area contributed by atoms with Gasteiger partial charge in [-0.15, -0.1) is 0 Å². The Morgan fingerprint density at radius 2 is 1.75 bits per heavy atom. The van der Waals surface area contributed by atoms with Crippen LogP contribution in [0, 0.1) is 0 Å². The van der Waals surface area contributed by atoms with Gasteiger partial charge in [0, 0.05) is 26.4 Å². The molecular formula is C5H11NaO5S. The molecule has 0 N–H and O–H groups in total. The molecule has 0 fully saturated rings. The van der Waals surface area contributed by atoms with Crippen LogP contribution >= 0.6 is 0 Å². The summed E-state index contributed by atoms with van der Waals surface area (Å²) < 4.78 is 39.6. The van der Waals surface area contributed by atoms with Crippen LogP contribution < -0.4 is 29.6 Å². The maximum Gasteiger partial charge on any atom is 1.00 e. The Morgan fingerprint density at radius 3 is 2.00 bits per heavy atom. The van der Waals surface area contributed by atoms with Crippen molar-refractivity contribution in [1.82, 2.24) is 0 Å². The number of ether oxygens (including phenoxy) is 2. The molecule has 0 bridgehead atoms. The van der Waals surface area contributed by atoms with E-state index in [1.54, 1.807) is 0 Å². The zero-order valence-corrected chi connectivity index (χ0v) is 10.3. The van der Waals surface area contributed by atoms with E-state index in [1.807, 2.05) is 0 Å². The molecule has 68 valence electrons. The average molecular weight is 206 g/mol. The first-order chi connectivity index (χ1) is 4.99. The van der Waals surface area contributed by atoms with E-state index in [0.717, 1.165) is 0 Å². The van der Waals surface area contributed by atoms with Gasteiger partial charge >= 0.3 is 29.6 Å². The molecule has 7 heteroatoms. The second-order valence-corrected chi connectivity index (χ2v) is 3.48. The van der Waals surface area contributed by atoms with E-state index in [2.05, 4.69) is 9.47 Å². The molecule has 0 radical (unpaired) electrons. The summed E-state index contributed by atoms with van der Waals surface area (Å²) >= 11 is 0. The van der Waals surface area contributed by atoms with Crippen molar-refractivity contribution in [2.24, 2.45) is 0 Å². The fourth-order valence-electron chi connectivity index (χ4n) is 0.572. The summed E-state index contributed by atoms with van der Waals surface area (Å²) in [7, 11) is -1.39. The molecule has 0 heterocycles. The molecule has 0 unspecified atom stereocenters. The van der Waals surface area contributed by atoms with Crippen molar-refractivity contribution in [3.05, 3.63) is 0 Å². The molecule has 0 saturated carbocycles. The van der Waals surface area contributed by atoms with Gasteiger partial charge in [-0.05, 0) is 0 Å². The van der Waals surface area contributed by atoms with Crippen molar-refractivity contribution in [2.75, 3.05) is 20.0 Å². The molecule has 5 nitrogen and oxygen atoms in total. The fourth-order valence-corrected chi connectivity index (χ4v) is 1.05. The molecule has 0 aliphatic carbocycles. The quantitative estimate of drug-likeness (QED) is 0.265. The normalized spacial score (nSPS) is 11.3. The van der Waals surface area contributed by atoms with E-state index in [-0.39, 0.29) is 36.0 Å². The van der Waals surface area contributed by atoms with Gasteiger partial charge in [0.1, 0.15) is 0 Å². The smallest absolute Gasteiger partial charge is 0.748 e. The summed E-state index contributed by atoms with van der Waals surface area (Å²) in [6.45, 7) is 0. The fraction of sp³-hybridized carbons (Fsp3) is 1.00. The summed E-state index contributed by atoms with van der Waals surface area (Å²) in [5.41, 5.74) is 0. The average Bonchev–Trinajstić information content (AvgIpc) is 1.88. The van der Waals surface area contributed by atoms with E-state index in [9.17, 15) is 13.0 Å². The minimum absolute atomic E-state index is 0. The van der Waals surface area contributed by atoms with Crippen LogP contribution in [0.25, 0.3) is 0 Å². The van der Waals surface area contributed by atoms with Crippen LogP contribution in [-0.4, -0.2) is 39.2 Å². The summed E-state index contributed by atoms with van der Waals surface area (Å²) in [4.78, 5) is 0. The topological polar surface area (TPSA) is 75.7 Å². The predicted molar refractivity (Wildman–Crippen MR) is 37.0 cm³/mol. The van der Waals surface area contributed by atoms with Crippen LogP contribution in [0.2, 0.25) is 0 Å². The van der Waals surface area contributed by atoms with Gasteiger partial charge in [-0.1, -0.05) is 0 Å². The number of hydrogen-bond donors (Lipinski definition) is 0. The Hall–Kier alpha value is 0.830. The van der Waals surface area contributed by atoms with Crippen LogP contribution in [0.15, 0.2) is 0 Å². The molecule has 0 aromatic heterocycles. The zero-order chi connectivity index (χ0) is 8.91. The van der Waals surface area contributed by atoms with Gasteiger partial charge in [-0.25, -0.2) is 8.42 Å². The SMILES string of the molecule is COC(CCS(=O)(=O)[O-])OC.[Na+]. The molecule has 0 aliphatic rings. The van der Waals surface area contributed by atoms with Gasteiger partial charge < -0.3 is 14.0 Å². The van der Waals surface area contributed by atoms with E-state index >= 15 is 0 Å². The number of methoxy groups -OCH3 is 2. The molecule has 0 aromatic carbocycles. The van der Waals surface area contributed by atoms with E-state index in [0.29, 0.717) is 0 Å². The Labute approximate surface area is 94.5 Å². The third-order valence-corrected chi connectivity index (χ3v) is 1.87. The molecule has 0 rings (SSSR count).